The van der Waals surface area contributed by atoms with Gasteiger partial charge in [-0.05, 0) is 58.8 Å². The average Bonchev–Trinajstić information content (AvgIpc) is 3.52. The molecule has 5 aliphatic rings. The zero-order valence-corrected chi connectivity index (χ0v) is 19.8. The predicted molar refractivity (Wildman–Crippen MR) is 120 cm³/mol. The van der Waals surface area contributed by atoms with Gasteiger partial charge in [-0.2, -0.15) is 0 Å². The van der Waals surface area contributed by atoms with Gasteiger partial charge in [0, 0.05) is 46.7 Å². The van der Waals surface area contributed by atoms with Gasteiger partial charge in [0.2, 0.25) is 18.2 Å². The molecule has 5 fully saturated rings. The lowest BCUT2D eigenvalue weighted by Gasteiger charge is -2.69. The standard InChI is InChI=1S/C25H27F2N5O3/c1-12-13(2)28-19-18(24-9-25(10-24,11-24)23(26)27)29-16(8-32(19)22(12)33)15-5-6-34-17(7-15)21-31-30-20(35-21)14-3-4-14/h8,14-15,17,23H,3-7,9-11H2,1-2H3/t15-,17+,24?,25?/m0/s1. The van der Waals surface area contributed by atoms with Gasteiger partial charge in [-0.15, -0.1) is 10.2 Å². The first-order chi connectivity index (χ1) is 16.8. The molecule has 10 heteroatoms. The van der Waals surface area contributed by atoms with Crippen molar-refractivity contribution in [1.29, 1.82) is 0 Å². The summed E-state index contributed by atoms with van der Waals surface area (Å²) in [5.74, 6) is 1.55. The van der Waals surface area contributed by atoms with Crippen molar-refractivity contribution >= 4 is 5.65 Å². The minimum atomic E-state index is -2.33. The molecular weight excluding hydrogens is 456 g/mol. The second kappa shape index (κ2) is 7.15. The van der Waals surface area contributed by atoms with Gasteiger partial charge in [0.15, 0.2) is 5.65 Å². The minimum absolute atomic E-state index is 0.0121. The molecule has 0 amide bonds. The number of alkyl halides is 2. The number of hydrogen-bond donors (Lipinski definition) is 0. The monoisotopic (exact) mass is 483 g/mol. The lowest BCUT2D eigenvalue weighted by molar-refractivity contribution is -0.222. The number of hydrogen-bond acceptors (Lipinski definition) is 7. The van der Waals surface area contributed by atoms with E-state index in [0.717, 1.165) is 25.0 Å². The Balaban J connectivity index is 1.27. The Labute approximate surface area is 200 Å². The Kier molecular flexibility index (Phi) is 4.40. The van der Waals surface area contributed by atoms with Gasteiger partial charge in [-0.1, -0.05) is 0 Å². The van der Waals surface area contributed by atoms with Crippen molar-refractivity contribution in [3.8, 4) is 0 Å². The molecule has 1 saturated heterocycles. The summed E-state index contributed by atoms with van der Waals surface area (Å²) < 4.78 is 40.6. The van der Waals surface area contributed by atoms with Gasteiger partial charge in [0.1, 0.15) is 6.10 Å². The molecule has 0 radical (unpaired) electrons. The van der Waals surface area contributed by atoms with E-state index in [0.29, 0.717) is 72.6 Å². The highest BCUT2D eigenvalue weighted by molar-refractivity contribution is 5.54. The molecule has 2 bridgehead atoms. The van der Waals surface area contributed by atoms with Crippen LogP contribution in [0.25, 0.3) is 5.65 Å². The van der Waals surface area contributed by atoms with Crippen molar-refractivity contribution in [1.82, 2.24) is 24.6 Å². The van der Waals surface area contributed by atoms with Crippen molar-refractivity contribution in [2.45, 2.75) is 88.6 Å². The van der Waals surface area contributed by atoms with E-state index in [-0.39, 0.29) is 17.6 Å². The molecule has 8 rings (SSSR count). The Hall–Kier alpha value is -2.75. The maximum atomic E-state index is 13.6. The molecule has 0 unspecified atom stereocenters. The Morgan fingerprint density at radius 1 is 1.06 bits per heavy atom. The van der Waals surface area contributed by atoms with Crippen LogP contribution in [-0.4, -0.2) is 37.6 Å². The van der Waals surface area contributed by atoms with Crippen molar-refractivity contribution in [2.75, 3.05) is 6.61 Å². The van der Waals surface area contributed by atoms with Gasteiger partial charge < -0.3 is 9.15 Å². The lowest BCUT2D eigenvalue weighted by atomic mass is 9.34. The van der Waals surface area contributed by atoms with E-state index in [2.05, 4.69) is 10.2 Å². The molecule has 0 N–H and O–H groups in total. The van der Waals surface area contributed by atoms with Gasteiger partial charge in [0.25, 0.3) is 5.56 Å². The molecule has 0 spiro atoms. The molecular formula is C25H27F2N5O3. The summed E-state index contributed by atoms with van der Waals surface area (Å²) in [4.78, 5) is 23.0. The van der Waals surface area contributed by atoms with Gasteiger partial charge >= 0.3 is 0 Å². The van der Waals surface area contributed by atoms with Crippen LogP contribution in [0.15, 0.2) is 15.4 Å². The van der Waals surface area contributed by atoms with Crippen molar-refractivity contribution < 1.29 is 17.9 Å². The zero-order chi connectivity index (χ0) is 24.1. The zero-order valence-electron chi connectivity index (χ0n) is 19.8. The van der Waals surface area contributed by atoms with E-state index < -0.39 is 17.3 Å². The number of halogens is 2. The number of nitrogens with zero attached hydrogens (tertiary/aromatic N) is 5. The van der Waals surface area contributed by atoms with Crippen LogP contribution in [0.3, 0.4) is 0 Å². The highest BCUT2D eigenvalue weighted by atomic mass is 19.3. The smallest absolute Gasteiger partial charge is 0.261 e. The third-order valence-electron chi connectivity index (χ3n) is 8.70. The van der Waals surface area contributed by atoms with Crippen LogP contribution in [0.1, 0.15) is 97.3 Å². The third-order valence-corrected chi connectivity index (χ3v) is 8.70. The second-order valence-corrected chi connectivity index (χ2v) is 11.1. The molecule has 3 aromatic heterocycles. The SMILES string of the molecule is Cc1nc2c(C34CC(C(F)F)(C3)C4)nc([C@H]3CCO[C@@H](c4nnc(C5CC5)o4)C3)cn2c(=O)c1C. The van der Waals surface area contributed by atoms with Crippen molar-refractivity contribution in [2.24, 2.45) is 5.41 Å². The Morgan fingerprint density at radius 3 is 2.51 bits per heavy atom. The van der Waals surface area contributed by atoms with Crippen LogP contribution in [0.5, 0.6) is 0 Å². The van der Waals surface area contributed by atoms with E-state index in [1.54, 1.807) is 24.4 Å². The summed E-state index contributed by atoms with van der Waals surface area (Å²) in [7, 11) is 0. The van der Waals surface area contributed by atoms with Crippen molar-refractivity contribution in [3.63, 3.8) is 0 Å². The normalized spacial score (nSPS) is 32.0. The van der Waals surface area contributed by atoms with E-state index in [1.165, 1.54) is 0 Å². The molecule has 184 valence electrons. The molecule has 4 heterocycles. The third kappa shape index (κ3) is 3.07. The second-order valence-electron chi connectivity index (χ2n) is 11.1. The number of rotatable bonds is 5. The maximum Gasteiger partial charge on any atom is 0.261 e. The number of ether oxygens (including phenoxy) is 1. The molecule has 3 aromatic rings. The van der Waals surface area contributed by atoms with Crippen LogP contribution < -0.4 is 5.56 Å². The van der Waals surface area contributed by atoms with E-state index in [4.69, 9.17) is 19.1 Å². The molecule has 1 aliphatic heterocycles. The van der Waals surface area contributed by atoms with Crippen LogP contribution >= 0.6 is 0 Å². The lowest BCUT2D eigenvalue weighted by Crippen LogP contribution is -2.68. The summed E-state index contributed by atoms with van der Waals surface area (Å²) in [5.41, 5.74) is 1.73. The fourth-order valence-electron chi connectivity index (χ4n) is 6.37. The van der Waals surface area contributed by atoms with E-state index >= 15 is 0 Å². The first-order valence-electron chi connectivity index (χ1n) is 12.4. The first-order valence-corrected chi connectivity index (χ1v) is 12.4. The number of fused-ring (bicyclic) bond motifs is 1. The summed E-state index contributed by atoms with van der Waals surface area (Å²) >= 11 is 0. The van der Waals surface area contributed by atoms with E-state index in [1.807, 2.05) is 0 Å². The maximum absolute atomic E-state index is 13.6. The summed E-state index contributed by atoms with van der Waals surface area (Å²) in [6.07, 6.45) is 3.81. The fraction of sp³-hybridized carbons (Fsp3) is 0.640. The largest absolute Gasteiger partial charge is 0.422 e. The Bertz CT molecular complexity index is 1390. The van der Waals surface area contributed by atoms with Gasteiger partial charge in [0.05, 0.1) is 11.4 Å². The molecule has 2 atom stereocenters. The highest BCUT2D eigenvalue weighted by Crippen LogP contribution is 2.75. The molecule has 4 saturated carbocycles. The van der Waals surface area contributed by atoms with Crippen molar-refractivity contribution in [3.05, 3.63) is 51.0 Å². The Morgan fingerprint density at radius 2 is 1.80 bits per heavy atom. The molecule has 0 aromatic carbocycles. The number of aromatic nitrogens is 5. The van der Waals surface area contributed by atoms with Crippen LogP contribution in [0.4, 0.5) is 8.78 Å². The topological polar surface area (TPSA) is 95.4 Å². The summed E-state index contributed by atoms with van der Waals surface area (Å²) in [5, 5.41) is 8.41. The highest BCUT2D eigenvalue weighted by Gasteiger charge is 2.73. The van der Waals surface area contributed by atoms with Gasteiger partial charge in [-0.25, -0.2) is 13.8 Å². The molecule has 35 heavy (non-hydrogen) atoms. The minimum Gasteiger partial charge on any atom is -0.422 e. The van der Waals surface area contributed by atoms with Gasteiger partial charge in [-0.3, -0.25) is 14.2 Å². The fourth-order valence-corrected chi connectivity index (χ4v) is 6.37. The predicted octanol–water partition coefficient (Wildman–Crippen LogP) is 4.29. The molecule has 8 nitrogen and oxygen atoms in total. The average molecular weight is 484 g/mol. The molecule has 4 aliphatic carbocycles. The van der Waals surface area contributed by atoms with E-state index in [9.17, 15) is 13.6 Å². The van der Waals surface area contributed by atoms with Crippen LogP contribution in [0.2, 0.25) is 0 Å². The summed E-state index contributed by atoms with van der Waals surface area (Å²) in [6.45, 7) is 4.08. The van der Waals surface area contributed by atoms with Crippen LogP contribution in [0, 0.1) is 19.3 Å². The quantitative estimate of drug-likeness (QED) is 0.534. The summed E-state index contributed by atoms with van der Waals surface area (Å²) in [6, 6.07) is 0. The van der Waals surface area contributed by atoms with Crippen LogP contribution in [-0.2, 0) is 10.2 Å². The first kappa shape index (κ1) is 21.5. The number of aryl methyl sites for hydroxylation is 1.